The highest BCUT2D eigenvalue weighted by Gasteiger charge is 2.69. The van der Waals surface area contributed by atoms with Crippen molar-refractivity contribution in [1.29, 1.82) is 0 Å². The number of nitrogens with one attached hydrogen (secondary N) is 1. The zero-order valence-electron chi connectivity index (χ0n) is 15.1. The molecule has 1 N–H and O–H groups in total. The molecule has 2 aromatic rings. The minimum Gasteiger partial charge on any atom is -0.495 e. The van der Waals surface area contributed by atoms with E-state index in [1.165, 1.54) is 0 Å². The Bertz CT molecular complexity index is 914. The Kier molecular flexibility index (Phi) is 3.67. The normalized spacial score (nSPS) is 30.4. The number of fused-ring (bicyclic) bond motifs is 5. The maximum Gasteiger partial charge on any atom is 0.272 e. The molecule has 3 aliphatic rings. The Morgan fingerprint density at radius 1 is 1.26 bits per heavy atom. The van der Waals surface area contributed by atoms with Gasteiger partial charge in [0.05, 0.1) is 24.4 Å². The predicted molar refractivity (Wildman–Crippen MR) is 101 cm³/mol. The van der Waals surface area contributed by atoms with Crippen LogP contribution in [0.2, 0.25) is 0 Å². The number of benzene rings is 1. The summed E-state index contributed by atoms with van der Waals surface area (Å²) in [5.41, 5.74) is 1.50. The first-order chi connectivity index (χ1) is 13.2. The van der Waals surface area contributed by atoms with E-state index in [0.29, 0.717) is 17.4 Å². The lowest BCUT2D eigenvalue weighted by molar-refractivity contribution is -0.149. The van der Waals surface area contributed by atoms with Crippen LogP contribution in [0.5, 0.6) is 5.75 Å². The van der Waals surface area contributed by atoms with Crippen LogP contribution in [0.15, 0.2) is 53.9 Å². The highest BCUT2D eigenvalue weighted by atomic mass is 16.7. The standard InChI is InChI=1S/C21H21N3O3/c1-26-17-7-3-2-6-16(17)23-20(25)21-15-9-8-13(11-15)18(21)19(24-27-21)14-5-4-10-22-12-14/h2-7,10,12-13,15,18H,8-9,11H2,1H3,(H,23,25)/t13-,15+,18-,21-/m1/s1. The average Bonchev–Trinajstić information content (AvgIpc) is 3.41. The summed E-state index contributed by atoms with van der Waals surface area (Å²) in [6.45, 7) is 0. The van der Waals surface area contributed by atoms with E-state index in [0.717, 1.165) is 30.5 Å². The van der Waals surface area contributed by atoms with E-state index in [-0.39, 0.29) is 17.7 Å². The summed E-state index contributed by atoms with van der Waals surface area (Å²) in [4.78, 5) is 23.7. The molecule has 0 unspecified atom stereocenters. The van der Waals surface area contributed by atoms with Crippen LogP contribution < -0.4 is 10.1 Å². The lowest BCUT2D eigenvalue weighted by Gasteiger charge is -2.35. The molecule has 2 fully saturated rings. The van der Waals surface area contributed by atoms with Gasteiger partial charge in [-0.1, -0.05) is 17.3 Å². The third kappa shape index (κ3) is 2.29. The minimum absolute atomic E-state index is 0.0323. The van der Waals surface area contributed by atoms with E-state index in [1.807, 2.05) is 36.4 Å². The number of oxime groups is 1. The Labute approximate surface area is 157 Å². The fraction of sp³-hybridized carbons (Fsp3) is 0.381. The average molecular weight is 363 g/mol. The number of pyridine rings is 1. The van der Waals surface area contributed by atoms with E-state index in [9.17, 15) is 4.79 Å². The van der Waals surface area contributed by atoms with Gasteiger partial charge in [0.15, 0.2) is 0 Å². The summed E-state index contributed by atoms with van der Waals surface area (Å²) in [6.07, 6.45) is 6.64. The molecule has 2 saturated carbocycles. The number of nitrogens with zero attached hydrogens (tertiary/aromatic N) is 2. The number of rotatable bonds is 4. The van der Waals surface area contributed by atoms with Gasteiger partial charge in [-0.3, -0.25) is 9.78 Å². The number of amides is 1. The maximum absolute atomic E-state index is 13.5. The van der Waals surface area contributed by atoms with Crippen molar-refractivity contribution < 1.29 is 14.4 Å². The molecule has 2 bridgehead atoms. The number of ether oxygens (including phenoxy) is 1. The summed E-state index contributed by atoms with van der Waals surface area (Å²) in [7, 11) is 1.60. The molecule has 138 valence electrons. The third-order valence-corrected chi connectivity index (χ3v) is 6.27. The molecule has 0 spiro atoms. The number of anilines is 1. The Balaban J connectivity index is 1.50. The van der Waals surface area contributed by atoms with Crippen LogP contribution in [0.4, 0.5) is 5.69 Å². The van der Waals surface area contributed by atoms with Crippen molar-refractivity contribution in [3.05, 3.63) is 54.4 Å². The first kappa shape index (κ1) is 16.3. The quantitative estimate of drug-likeness (QED) is 0.905. The van der Waals surface area contributed by atoms with Gasteiger partial charge < -0.3 is 14.9 Å². The van der Waals surface area contributed by atoms with Gasteiger partial charge in [0.25, 0.3) is 5.91 Å². The number of methoxy groups -OCH3 is 1. The number of aromatic nitrogens is 1. The lowest BCUT2D eigenvalue weighted by atomic mass is 9.71. The van der Waals surface area contributed by atoms with Gasteiger partial charge in [-0.05, 0) is 49.4 Å². The van der Waals surface area contributed by atoms with Crippen molar-refractivity contribution in [1.82, 2.24) is 4.98 Å². The summed E-state index contributed by atoms with van der Waals surface area (Å²) in [6, 6.07) is 11.3. The van der Waals surface area contributed by atoms with Gasteiger partial charge in [-0.15, -0.1) is 0 Å². The summed E-state index contributed by atoms with van der Waals surface area (Å²) in [5.74, 6) is 1.07. The van der Waals surface area contributed by atoms with Crippen LogP contribution in [0.1, 0.15) is 24.8 Å². The molecular formula is C21H21N3O3. The molecule has 2 aliphatic carbocycles. The maximum atomic E-state index is 13.5. The van der Waals surface area contributed by atoms with Gasteiger partial charge in [-0.2, -0.15) is 0 Å². The molecule has 2 heterocycles. The molecule has 1 aliphatic heterocycles. The first-order valence-corrected chi connectivity index (χ1v) is 9.35. The highest BCUT2D eigenvalue weighted by molar-refractivity contribution is 6.10. The number of carbonyl (C=O) groups excluding carboxylic acids is 1. The highest BCUT2D eigenvalue weighted by Crippen LogP contribution is 2.60. The second-order valence-electron chi connectivity index (χ2n) is 7.50. The predicted octanol–water partition coefficient (Wildman–Crippen LogP) is 3.25. The fourth-order valence-electron chi connectivity index (χ4n) is 5.13. The van der Waals surface area contributed by atoms with E-state index in [2.05, 4.69) is 15.5 Å². The van der Waals surface area contributed by atoms with Crippen molar-refractivity contribution in [2.45, 2.75) is 24.9 Å². The molecule has 6 nitrogen and oxygen atoms in total. The van der Waals surface area contributed by atoms with Crippen molar-refractivity contribution in [2.75, 3.05) is 12.4 Å². The molecule has 27 heavy (non-hydrogen) atoms. The van der Waals surface area contributed by atoms with Crippen LogP contribution in [0.25, 0.3) is 0 Å². The Morgan fingerprint density at radius 3 is 2.96 bits per heavy atom. The molecule has 6 heteroatoms. The number of hydrogen-bond donors (Lipinski definition) is 1. The van der Waals surface area contributed by atoms with Gasteiger partial charge in [0, 0.05) is 23.9 Å². The largest absolute Gasteiger partial charge is 0.495 e. The van der Waals surface area contributed by atoms with E-state index in [1.54, 1.807) is 19.5 Å². The fourth-order valence-corrected chi connectivity index (χ4v) is 5.13. The Hall–Kier alpha value is -2.89. The monoisotopic (exact) mass is 363 g/mol. The van der Waals surface area contributed by atoms with E-state index in [4.69, 9.17) is 9.57 Å². The van der Waals surface area contributed by atoms with Crippen molar-refractivity contribution in [2.24, 2.45) is 22.9 Å². The van der Waals surface area contributed by atoms with E-state index >= 15 is 0 Å². The van der Waals surface area contributed by atoms with Gasteiger partial charge in [-0.25, -0.2) is 0 Å². The Morgan fingerprint density at radius 2 is 2.15 bits per heavy atom. The van der Waals surface area contributed by atoms with Crippen molar-refractivity contribution >= 4 is 17.3 Å². The second-order valence-corrected chi connectivity index (χ2v) is 7.50. The van der Waals surface area contributed by atoms with Crippen LogP contribution in [-0.4, -0.2) is 29.3 Å². The SMILES string of the molecule is COc1ccccc1NC(=O)[C@]12ON=C(c3cccnc3)[C@H]1[C@@H]1CC[C@H]2C1. The van der Waals surface area contributed by atoms with Crippen molar-refractivity contribution in [3.63, 3.8) is 0 Å². The molecule has 0 radical (unpaired) electrons. The molecule has 1 amide bonds. The summed E-state index contributed by atoms with van der Waals surface area (Å²) in [5, 5.41) is 7.44. The summed E-state index contributed by atoms with van der Waals surface area (Å²) >= 11 is 0. The minimum atomic E-state index is -0.936. The molecule has 4 atom stereocenters. The molecule has 0 saturated heterocycles. The van der Waals surface area contributed by atoms with Crippen LogP contribution >= 0.6 is 0 Å². The van der Waals surface area contributed by atoms with Crippen LogP contribution in [0, 0.1) is 17.8 Å². The summed E-state index contributed by atoms with van der Waals surface area (Å²) < 4.78 is 5.38. The second kappa shape index (κ2) is 6.08. The van der Waals surface area contributed by atoms with Crippen molar-refractivity contribution in [3.8, 4) is 5.75 Å². The number of para-hydroxylation sites is 2. The topological polar surface area (TPSA) is 72.8 Å². The van der Waals surface area contributed by atoms with E-state index < -0.39 is 5.60 Å². The smallest absolute Gasteiger partial charge is 0.272 e. The van der Waals surface area contributed by atoms with Gasteiger partial charge >= 0.3 is 0 Å². The van der Waals surface area contributed by atoms with Gasteiger partial charge in [0.2, 0.25) is 5.60 Å². The third-order valence-electron chi connectivity index (χ3n) is 6.27. The zero-order valence-corrected chi connectivity index (χ0v) is 15.1. The number of hydrogen-bond acceptors (Lipinski definition) is 5. The van der Waals surface area contributed by atoms with Gasteiger partial charge in [0.1, 0.15) is 5.75 Å². The van der Waals surface area contributed by atoms with Crippen LogP contribution in [-0.2, 0) is 9.63 Å². The first-order valence-electron chi connectivity index (χ1n) is 9.35. The molecular weight excluding hydrogens is 342 g/mol. The molecule has 5 rings (SSSR count). The number of carbonyl (C=O) groups is 1. The molecule has 1 aromatic heterocycles. The molecule has 1 aromatic carbocycles. The van der Waals surface area contributed by atoms with Crippen LogP contribution in [0.3, 0.4) is 0 Å². The lowest BCUT2D eigenvalue weighted by Crippen LogP contribution is -2.53. The zero-order chi connectivity index (χ0) is 18.4.